The lowest BCUT2D eigenvalue weighted by molar-refractivity contribution is 0.1000. The van der Waals surface area contributed by atoms with E-state index in [1.807, 2.05) is 0 Å². The number of sulfonamides is 1. The molecule has 0 fully saturated rings. The molecule has 0 aliphatic carbocycles. The van der Waals surface area contributed by atoms with Crippen LogP contribution in [-0.4, -0.2) is 20.9 Å². The van der Waals surface area contributed by atoms with Crippen molar-refractivity contribution in [1.29, 1.82) is 0 Å². The maximum atomic E-state index is 12.7. The van der Waals surface area contributed by atoms with Crippen molar-refractivity contribution in [1.82, 2.24) is 0 Å². The Kier molecular flexibility index (Phi) is 3.58. The first-order valence-electron chi connectivity index (χ1n) is 6.60. The van der Waals surface area contributed by atoms with Gasteiger partial charge in [0.1, 0.15) is 0 Å². The van der Waals surface area contributed by atoms with Crippen LogP contribution in [0.5, 0.6) is 0 Å². The minimum absolute atomic E-state index is 0.184. The van der Waals surface area contributed by atoms with Crippen LogP contribution in [0, 0.1) is 0 Å². The number of anilines is 1. The summed E-state index contributed by atoms with van der Waals surface area (Å²) >= 11 is 5.80. The summed E-state index contributed by atoms with van der Waals surface area (Å²) < 4.78 is 26.8. The molecule has 1 aliphatic heterocycles. The number of halogens is 1. The Balaban J connectivity index is 2.02. The maximum absolute atomic E-state index is 12.7. The van der Waals surface area contributed by atoms with Crippen molar-refractivity contribution in [2.75, 3.05) is 10.8 Å². The molecule has 1 amide bonds. The van der Waals surface area contributed by atoms with Gasteiger partial charge in [-0.25, -0.2) is 8.42 Å². The van der Waals surface area contributed by atoms with Gasteiger partial charge < -0.3 is 5.73 Å². The summed E-state index contributed by atoms with van der Waals surface area (Å²) in [6, 6.07) is 10.9. The molecule has 0 bridgehead atoms. The number of fused-ring (bicyclic) bond motifs is 1. The van der Waals surface area contributed by atoms with E-state index in [4.69, 9.17) is 17.3 Å². The molecule has 0 unspecified atom stereocenters. The van der Waals surface area contributed by atoms with Gasteiger partial charge in [0.25, 0.3) is 10.0 Å². The van der Waals surface area contributed by atoms with E-state index in [2.05, 4.69) is 0 Å². The Hall–Kier alpha value is -2.05. The van der Waals surface area contributed by atoms with Gasteiger partial charge in [-0.1, -0.05) is 11.6 Å². The smallest absolute Gasteiger partial charge is 0.264 e. The van der Waals surface area contributed by atoms with Gasteiger partial charge in [-0.15, -0.1) is 0 Å². The van der Waals surface area contributed by atoms with Gasteiger partial charge in [0.15, 0.2) is 0 Å². The molecule has 3 rings (SSSR count). The van der Waals surface area contributed by atoms with E-state index < -0.39 is 15.9 Å². The van der Waals surface area contributed by atoms with Gasteiger partial charge in [0.2, 0.25) is 5.91 Å². The minimum atomic E-state index is -3.64. The normalized spacial score (nSPS) is 14.0. The second kappa shape index (κ2) is 5.30. The average molecular weight is 337 g/mol. The molecule has 2 aromatic rings. The summed E-state index contributed by atoms with van der Waals surface area (Å²) in [6.45, 7) is 0.336. The Labute approximate surface area is 133 Å². The highest BCUT2D eigenvalue weighted by Gasteiger charge is 2.31. The average Bonchev–Trinajstić information content (AvgIpc) is 2.91. The summed E-state index contributed by atoms with van der Waals surface area (Å²) in [5, 5.41) is 0.479. The van der Waals surface area contributed by atoms with Crippen LogP contribution in [0.3, 0.4) is 0 Å². The number of nitrogens with zero attached hydrogens (tertiary/aromatic N) is 1. The van der Waals surface area contributed by atoms with Crippen LogP contribution in [0.4, 0.5) is 5.69 Å². The number of hydrogen-bond acceptors (Lipinski definition) is 3. The van der Waals surface area contributed by atoms with Gasteiger partial charge in [0, 0.05) is 17.1 Å². The van der Waals surface area contributed by atoms with Gasteiger partial charge in [0.05, 0.1) is 10.6 Å². The zero-order chi connectivity index (χ0) is 15.9. The molecular formula is C15H13ClN2O3S. The minimum Gasteiger partial charge on any atom is -0.366 e. The maximum Gasteiger partial charge on any atom is 0.264 e. The third-order valence-corrected chi connectivity index (χ3v) is 5.70. The molecule has 0 saturated carbocycles. The van der Waals surface area contributed by atoms with Crippen molar-refractivity contribution in [3.63, 3.8) is 0 Å². The Bertz CT molecular complexity index is 848. The number of carbonyl (C=O) groups excluding carboxylic acids is 1. The van der Waals surface area contributed by atoms with Crippen LogP contribution in [-0.2, 0) is 16.4 Å². The molecule has 0 saturated heterocycles. The summed E-state index contributed by atoms with van der Waals surface area (Å²) in [5.74, 6) is -0.526. The van der Waals surface area contributed by atoms with Crippen LogP contribution in [0.2, 0.25) is 5.02 Å². The third-order valence-electron chi connectivity index (χ3n) is 3.62. The fraction of sp³-hybridized carbons (Fsp3) is 0.133. The van der Waals surface area contributed by atoms with E-state index in [-0.39, 0.29) is 4.90 Å². The molecule has 1 heterocycles. The van der Waals surface area contributed by atoms with Crippen LogP contribution in [0.15, 0.2) is 47.4 Å². The number of carbonyl (C=O) groups is 1. The molecular weight excluding hydrogens is 324 g/mol. The van der Waals surface area contributed by atoms with Crippen LogP contribution in [0.1, 0.15) is 15.9 Å². The predicted octanol–water partition coefficient (Wildman–Crippen LogP) is 2.19. The monoisotopic (exact) mass is 336 g/mol. The number of hydrogen-bond donors (Lipinski definition) is 1. The fourth-order valence-corrected chi connectivity index (χ4v) is 4.14. The standard InChI is InChI=1S/C15H13ClN2O3S/c16-12-2-4-13(5-3-12)22(20,21)18-8-7-10-9-11(15(17)19)1-6-14(10)18/h1-6,9H,7-8H2,(H2,17,19). The Morgan fingerprint density at radius 2 is 1.82 bits per heavy atom. The van der Waals surface area contributed by atoms with Gasteiger partial charge >= 0.3 is 0 Å². The molecule has 1 aliphatic rings. The first-order chi connectivity index (χ1) is 10.4. The quantitative estimate of drug-likeness (QED) is 0.932. The second-order valence-corrected chi connectivity index (χ2v) is 7.29. The first-order valence-corrected chi connectivity index (χ1v) is 8.42. The van der Waals surface area contributed by atoms with Crippen LogP contribution in [0.25, 0.3) is 0 Å². The second-order valence-electron chi connectivity index (χ2n) is 4.99. The number of primary amides is 1. The van der Waals surface area contributed by atoms with E-state index >= 15 is 0 Å². The molecule has 114 valence electrons. The first kappa shape index (κ1) is 14.9. The molecule has 0 radical (unpaired) electrons. The number of nitrogens with two attached hydrogens (primary N) is 1. The zero-order valence-corrected chi connectivity index (χ0v) is 13.1. The van der Waals surface area contributed by atoms with E-state index in [0.717, 1.165) is 5.56 Å². The lowest BCUT2D eigenvalue weighted by atomic mass is 10.1. The summed E-state index contributed by atoms with van der Waals surface area (Å²) in [6.07, 6.45) is 0.545. The van der Waals surface area contributed by atoms with Crippen LogP contribution >= 0.6 is 11.6 Å². The highest BCUT2D eigenvalue weighted by Crippen LogP contribution is 2.33. The lowest BCUT2D eigenvalue weighted by Crippen LogP contribution is -2.29. The van der Waals surface area contributed by atoms with E-state index in [9.17, 15) is 13.2 Å². The van der Waals surface area contributed by atoms with E-state index in [1.165, 1.54) is 22.5 Å². The number of benzene rings is 2. The zero-order valence-electron chi connectivity index (χ0n) is 11.5. The van der Waals surface area contributed by atoms with E-state index in [1.54, 1.807) is 24.3 Å². The molecule has 2 aromatic carbocycles. The highest BCUT2D eigenvalue weighted by molar-refractivity contribution is 7.92. The Morgan fingerprint density at radius 3 is 2.45 bits per heavy atom. The SMILES string of the molecule is NC(=O)c1ccc2c(c1)CCN2S(=O)(=O)c1ccc(Cl)cc1. The predicted molar refractivity (Wildman–Crippen MR) is 84.6 cm³/mol. The topological polar surface area (TPSA) is 80.5 Å². The van der Waals surface area contributed by atoms with Gasteiger partial charge in [-0.2, -0.15) is 0 Å². The summed E-state index contributed by atoms with van der Waals surface area (Å²) in [4.78, 5) is 11.4. The Morgan fingerprint density at radius 1 is 1.14 bits per heavy atom. The number of rotatable bonds is 3. The fourth-order valence-electron chi connectivity index (χ4n) is 2.51. The highest BCUT2D eigenvalue weighted by atomic mass is 35.5. The van der Waals surface area contributed by atoms with Crippen molar-refractivity contribution < 1.29 is 13.2 Å². The van der Waals surface area contributed by atoms with Gasteiger partial charge in [-0.05, 0) is 54.4 Å². The summed E-state index contributed by atoms with van der Waals surface area (Å²) in [7, 11) is -3.64. The van der Waals surface area contributed by atoms with Crippen molar-refractivity contribution >= 4 is 33.2 Å². The largest absolute Gasteiger partial charge is 0.366 e. The summed E-state index contributed by atoms with van der Waals surface area (Å²) in [5.41, 5.74) is 7.01. The van der Waals surface area contributed by atoms with Gasteiger partial charge in [-0.3, -0.25) is 9.10 Å². The third kappa shape index (κ3) is 2.44. The van der Waals surface area contributed by atoms with E-state index in [0.29, 0.717) is 29.2 Å². The van der Waals surface area contributed by atoms with Crippen LogP contribution < -0.4 is 10.0 Å². The molecule has 0 spiro atoms. The molecule has 0 atom stereocenters. The van der Waals surface area contributed by atoms with Crippen molar-refractivity contribution in [3.05, 3.63) is 58.6 Å². The van der Waals surface area contributed by atoms with Crippen molar-refractivity contribution in [2.45, 2.75) is 11.3 Å². The number of amides is 1. The molecule has 2 N–H and O–H groups in total. The lowest BCUT2D eigenvalue weighted by Gasteiger charge is -2.19. The molecule has 7 heteroatoms. The molecule has 22 heavy (non-hydrogen) atoms. The molecule has 5 nitrogen and oxygen atoms in total. The molecule has 0 aromatic heterocycles. The van der Waals surface area contributed by atoms with Crippen molar-refractivity contribution in [3.8, 4) is 0 Å². The van der Waals surface area contributed by atoms with Crippen molar-refractivity contribution in [2.24, 2.45) is 5.73 Å².